The molecule has 0 fully saturated rings. The van der Waals surface area contributed by atoms with Crippen molar-refractivity contribution < 1.29 is 24.3 Å². The number of hydrogen-bond acceptors (Lipinski definition) is 4. The number of benzene rings is 1. The predicted molar refractivity (Wildman–Crippen MR) is 112 cm³/mol. The van der Waals surface area contributed by atoms with Crippen molar-refractivity contribution in [2.45, 2.75) is 59.4 Å². The number of H-pyrrole nitrogens is 1. The minimum Gasteiger partial charge on any atom is -0.481 e. The Morgan fingerprint density at radius 1 is 1.10 bits per heavy atom. The number of aliphatic carboxylic acids is 1. The summed E-state index contributed by atoms with van der Waals surface area (Å²) in [4.78, 5) is 46.2. The molecule has 1 aromatic carbocycles. The number of hydrogen-bond donors (Lipinski definition) is 4. The third kappa shape index (κ3) is 11.3. The maximum Gasteiger partial charge on any atom is 0.303 e. The predicted octanol–water partition coefficient (Wildman–Crippen LogP) is 2.56. The molecule has 0 aliphatic carbocycles. The molecule has 0 unspecified atom stereocenters. The Morgan fingerprint density at radius 3 is 2.17 bits per heavy atom. The van der Waals surface area contributed by atoms with Gasteiger partial charge in [-0.15, -0.1) is 0 Å². The number of para-hydroxylation sites is 1. The van der Waals surface area contributed by atoms with Crippen LogP contribution in [0, 0.1) is 0 Å². The number of carbonyl (C=O) groups excluding carboxylic acids is 3. The van der Waals surface area contributed by atoms with Crippen molar-refractivity contribution >= 4 is 34.5 Å². The van der Waals surface area contributed by atoms with Crippen LogP contribution >= 0.6 is 0 Å². The number of amides is 2. The Hall–Kier alpha value is -3.16. The molecule has 2 aromatic rings. The summed E-state index contributed by atoms with van der Waals surface area (Å²) in [7, 11) is 0. The number of carboxylic acids is 1. The van der Waals surface area contributed by atoms with Gasteiger partial charge in [-0.1, -0.05) is 38.5 Å². The minimum absolute atomic E-state index is 0.167. The lowest BCUT2D eigenvalue weighted by molar-refractivity contribution is -0.139. The molecule has 0 aliphatic heterocycles. The first-order valence-corrected chi connectivity index (χ1v) is 9.44. The number of nitrogens with one attached hydrogen (secondary N) is 2. The molecular weight excluding hydrogens is 374 g/mol. The van der Waals surface area contributed by atoms with Crippen LogP contribution in [0.2, 0.25) is 0 Å². The van der Waals surface area contributed by atoms with Gasteiger partial charge in [0.25, 0.3) is 0 Å². The second kappa shape index (κ2) is 13.9. The van der Waals surface area contributed by atoms with Crippen molar-refractivity contribution in [3.05, 3.63) is 36.0 Å². The first-order chi connectivity index (χ1) is 13.6. The van der Waals surface area contributed by atoms with Crippen LogP contribution in [0.5, 0.6) is 0 Å². The van der Waals surface area contributed by atoms with Gasteiger partial charge in [0, 0.05) is 29.9 Å². The molecule has 8 heteroatoms. The van der Waals surface area contributed by atoms with E-state index in [-0.39, 0.29) is 25.0 Å². The van der Waals surface area contributed by atoms with Gasteiger partial charge in [-0.25, -0.2) is 0 Å². The summed E-state index contributed by atoms with van der Waals surface area (Å²) in [5.41, 5.74) is 7.11. The average molecular weight is 405 g/mol. The van der Waals surface area contributed by atoms with Gasteiger partial charge in [-0.05, 0) is 25.5 Å². The Morgan fingerprint density at radius 2 is 1.66 bits per heavy atom. The standard InChI is InChI=1S/C15H17N3O4.C3H6O.C3H8/c16-15(22)12(18-13(19)5-6-14(20)21)7-9-8-17-11-4-2-1-3-10(9)11;1-3(2)4;1-3-2/h1-4,8,12,17H,5-7H2,(H2,16,22)(H,18,19)(H,20,21);1-2H3;3H2,1-2H3/t12-;;/m0../s1. The largest absolute Gasteiger partial charge is 0.481 e. The average Bonchev–Trinajstić information content (AvgIpc) is 3.02. The van der Waals surface area contributed by atoms with Crippen molar-refractivity contribution in [3.8, 4) is 0 Å². The lowest BCUT2D eigenvalue weighted by atomic mass is 10.0. The Bertz CT molecular complexity index is 810. The molecule has 0 radical (unpaired) electrons. The van der Waals surface area contributed by atoms with Crippen molar-refractivity contribution in [3.63, 3.8) is 0 Å². The van der Waals surface area contributed by atoms with Crippen LogP contribution in [-0.4, -0.2) is 39.7 Å². The fourth-order valence-corrected chi connectivity index (χ4v) is 2.23. The first kappa shape index (κ1) is 25.8. The number of carbonyl (C=O) groups is 4. The van der Waals surface area contributed by atoms with E-state index in [0.717, 1.165) is 16.5 Å². The molecule has 0 bridgehead atoms. The fourth-order valence-electron chi connectivity index (χ4n) is 2.23. The van der Waals surface area contributed by atoms with Gasteiger partial charge >= 0.3 is 5.97 Å². The number of Topliss-reactive ketones (excluding diaryl/α,β-unsaturated/α-hetero) is 1. The molecule has 5 N–H and O–H groups in total. The summed E-state index contributed by atoms with van der Waals surface area (Å²) in [5, 5.41) is 12.0. The van der Waals surface area contributed by atoms with E-state index in [2.05, 4.69) is 24.1 Å². The fraction of sp³-hybridized carbons (Fsp3) is 0.429. The summed E-state index contributed by atoms with van der Waals surface area (Å²) in [5.74, 6) is -2.07. The minimum atomic E-state index is -1.07. The second-order valence-electron chi connectivity index (χ2n) is 6.60. The number of ketones is 1. The van der Waals surface area contributed by atoms with Gasteiger partial charge in [0.1, 0.15) is 11.8 Å². The lowest BCUT2D eigenvalue weighted by Crippen LogP contribution is -2.45. The Kier molecular flexibility index (Phi) is 12.4. The zero-order valence-corrected chi connectivity index (χ0v) is 17.5. The molecule has 29 heavy (non-hydrogen) atoms. The molecule has 2 rings (SSSR count). The summed E-state index contributed by atoms with van der Waals surface area (Å²) < 4.78 is 0. The van der Waals surface area contributed by atoms with Crippen molar-refractivity contribution in [1.29, 1.82) is 0 Å². The monoisotopic (exact) mass is 405 g/mol. The number of rotatable bonds is 7. The molecule has 2 amide bonds. The number of primary amides is 1. The summed E-state index contributed by atoms with van der Waals surface area (Å²) >= 11 is 0. The van der Waals surface area contributed by atoms with Crippen LogP contribution in [0.1, 0.15) is 52.5 Å². The van der Waals surface area contributed by atoms with E-state index in [0.29, 0.717) is 0 Å². The number of nitrogens with two attached hydrogens (primary N) is 1. The highest BCUT2D eigenvalue weighted by atomic mass is 16.4. The van der Waals surface area contributed by atoms with Crippen molar-refractivity contribution in [2.24, 2.45) is 5.73 Å². The number of aromatic amines is 1. The van der Waals surface area contributed by atoms with Crippen LogP contribution in [0.4, 0.5) is 0 Å². The highest BCUT2D eigenvalue weighted by molar-refractivity contribution is 5.89. The smallest absolute Gasteiger partial charge is 0.303 e. The van der Waals surface area contributed by atoms with Crippen molar-refractivity contribution in [2.75, 3.05) is 0 Å². The van der Waals surface area contributed by atoms with Gasteiger partial charge in [-0.3, -0.25) is 14.4 Å². The van der Waals surface area contributed by atoms with E-state index >= 15 is 0 Å². The van der Waals surface area contributed by atoms with Crippen LogP contribution in [0.15, 0.2) is 30.5 Å². The third-order valence-corrected chi connectivity index (χ3v) is 3.34. The summed E-state index contributed by atoms with van der Waals surface area (Å²) in [6.07, 6.45) is 2.79. The zero-order chi connectivity index (χ0) is 22.4. The summed E-state index contributed by atoms with van der Waals surface area (Å²) in [6.45, 7) is 7.31. The molecule has 1 aromatic heterocycles. The molecule has 1 heterocycles. The van der Waals surface area contributed by atoms with Crippen LogP contribution in [-0.2, 0) is 25.6 Å². The quantitative estimate of drug-likeness (QED) is 0.560. The van der Waals surface area contributed by atoms with Gasteiger partial charge in [-0.2, -0.15) is 0 Å². The van der Waals surface area contributed by atoms with E-state index in [1.807, 2.05) is 24.3 Å². The molecule has 0 aliphatic rings. The molecule has 0 saturated carbocycles. The highest BCUT2D eigenvalue weighted by Crippen LogP contribution is 2.19. The number of fused-ring (bicyclic) bond motifs is 1. The Balaban J connectivity index is 0.000000975. The van der Waals surface area contributed by atoms with Gasteiger partial charge in [0.15, 0.2) is 0 Å². The van der Waals surface area contributed by atoms with E-state index in [4.69, 9.17) is 10.8 Å². The van der Waals surface area contributed by atoms with Crippen LogP contribution < -0.4 is 11.1 Å². The van der Waals surface area contributed by atoms with Crippen LogP contribution in [0.3, 0.4) is 0 Å². The van der Waals surface area contributed by atoms with E-state index in [1.54, 1.807) is 6.20 Å². The van der Waals surface area contributed by atoms with Crippen LogP contribution in [0.25, 0.3) is 10.9 Å². The molecule has 0 spiro atoms. The normalized spacial score (nSPS) is 10.6. The third-order valence-electron chi connectivity index (χ3n) is 3.34. The molecule has 160 valence electrons. The molecular formula is C21H31N3O5. The summed E-state index contributed by atoms with van der Waals surface area (Å²) in [6, 6.07) is 6.71. The van der Waals surface area contributed by atoms with Gasteiger partial charge < -0.3 is 25.9 Å². The van der Waals surface area contributed by atoms with E-state index < -0.39 is 23.8 Å². The highest BCUT2D eigenvalue weighted by Gasteiger charge is 2.20. The first-order valence-electron chi connectivity index (χ1n) is 9.44. The second-order valence-corrected chi connectivity index (χ2v) is 6.60. The van der Waals surface area contributed by atoms with E-state index in [1.165, 1.54) is 20.3 Å². The molecule has 1 atom stereocenters. The van der Waals surface area contributed by atoms with E-state index in [9.17, 15) is 19.2 Å². The topological polar surface area (TPSA) is 142 Å². The van der Waals surface area contributed by atoms with Gasteiger partial charge in [0.2, 0.25) is 11.8 Å². The van der Waals surface area contributed by atoms with Crippen molar-refractivity contribution in [1.82, 2.24) is 10.3 Å². The maximum atomic E-state index is 11.7. The molecule has 8 nitrogen and oxygen atoms in total. The zero-order valence-electron chi connectivity index (χ0n) is 17.5. The lowest BCUT2D eigenvalue weighted by Gasteiger charge is -2.15. The van der Waals surface area contributed by atoms with Gasteiger partial charge in [0.05, 0.1) is 6.42 Å². The number of aromatic nitrogens is 1. The molecule has 0 saturated heterocycles. The number of carboxylic acid groups (broad SMARTS) is 1. The Labute approximate surface area is 170 Å². The SMILES string of the molecule is CC(C)=O.CCC.NC(=O)[C@H](Cc1c[nH]c2ccccc12)NC(=O)CCC(=O)O. The maximum absolute atomic E-state index is 11.7.